The van der Waals surface area contributed by atoms with Crippen molar-refractivity contribution in [3.8, 4) is 5.75 Å². The Morgan fingerprint density at radius 3 is 2.37 bits per heavy atom. The number of hydrogen-bond acceptors (Lipinski definition) is 3. The maximum Gasteiger partial charge on any atom is 0.119 e. The molecule has 0 aromatic heterocycles. The molecule has 1 aromatic carbocycles. The van der Waals surface area contributed by atoms with Crippen LogP contribution in [0.3, 0.4) is 0 Å². The summed E-state index contributed by atoms with van der Waals surface area (Å²) in [4.78, 5) is 0. The van der Waals surface area contributed by atoms with Gasteiger partial charge in [0.1, 0.15) is 5.75 Å². The summed E-state index contributed by atoms with van der Waals surface area (Å²) in [6.45, 7) is 9.59. The molecule has 0 aliphatic carbocycles. The molecule has 19 heavy (non-hydrogen) atoms. The van der Waals surface area contributed by atoms with E-state index in [9.17, 15) is 0 Å². The Bertz CT molecular complexity index is 329. The normalized spacial score (nSPS) is 12.7. The molecule has 0 bridgehead atoms. The largest absolute Gasteiger partial charge is 0.491 e. The van der Waals surface area contributed by atoms with E-state index in [-0.39, 0.29) is 6.10 Å². The Morgan fingerprint density at radius 2 is 1.84 bits per heavy atom. The maximum atomic E-state index is 5.69. The van der Waals surface area contributed by atoms with Crippen LogP contribution in [0.2, 0.25) is 0 Å². The molecule has 0 saturated carbocycles. The highest BCUT2D eigenvalue weighted by molar-refractivity contribution is 7.99. The lowest BCUT2D eigenvalue weighted by molar-refractivity contribution is 0.242. The second-order valence-electron chi connectivity index (χ2n) is 4.90. The number of benzene rings is 1. The Kier molecular flexibility index (Phi) is 7.99. The van der Waals surface area contributed by atoms with Crippen molar-refractivity contribution in [2.24, 2.45) is 0 Å². The maximum absolute atomic E-state index is 5.69. The van der Waals surface area contributed by atoms with Crippen LogP contribution in [-0.4, -0.2) is 24.2 Å². The molecule has 1 aromatic rings. The molecule has 0 saturated heterocycles. The SMILES string of the molecule is CCCNC(CSCC)c1ccc(OC(C)C)cc1. The first-order chi connectivity index (χ1) is 9.17. The highest BCUT2D eigenvalue weighted by Crippen LogP contribution is 2.22. The summed E-state index contributed by atoms with van der Waals surface area (Å²) in [6, 6.07) is 8.96. The quantitative estimate of drug-likeness (QED) is 0.730. The number of hydrogen-bond donors (Lipinski definition) is 1. The molecule has 1 unspecified atom stereocenters. The minimum absolute atomic E-state index is 0.232. The highest BCUT2D eigenvalue weighted by atomic mass is 32.2. The van der Waals surface area contributed by atoms with E-state index in [4.69, 9.17) is 4.74 Å². The third-order valence-corrected chi connectivity index (χ3v) is 3.76. The molecule has 108 valence electrons. The van der Waals surface area contributed by atoms with E-state index in [1.54, 1.807) is 0 Å². The molecule has 1 rings (SSSR count). The van der Waals surface area contributed by atoms with Gasteiger partial charge in [0.15, 0.2) is 0 Å². The number of nitrogens with one attached hydrogen (secondary N) is 1. The molecule has 0 heterocycles. The van der Waals surface area contributed by atoms with Gasteiger partial charge in [0.05, 0.1) is 6.10 Å². The summed E-state index contributed by atoms with van der Waals surface area (Å²) in [5.74, 6) is 3.25. The fourth-order valence-corrected chi connectivity index (χ4v) is 2.66. The van der Waals surface area contributed by atoms with Crippen molar-refractivity contribution in [2.45, 2.75) is 46.3 Å². The van der Waals surface area contributed by atoms with Crippen LogP contribution >= 0.6 is 11.8 Å². The van der Waals surface area contributed by atoms with Crippen molar-refractivity contribution in [1.29, 1.82) is 0 Å². The molecular formula is C16H27NOS. The zero-order valence-electron chi connectivity index (χ0n) is 12.6. The van der Waals surface area contributed by atoms with E-state index in [0.29, 0.717) is 6.04 Å². The van der Waals surface area contributed by atoms with Crippen molar-refractivity contribution >= 4 is 11.8 Å². The summed E-state index contributed by atoms with van der Waals surface area (Å²) < 4.78 is 5.69. The Balaban J connectivity index is 2.66. The highest BCUT2D eigenvalue weighted by Gasteiger charge is 2.10. The topological polar surface area (TPSA) is 21.3 Å². The molecule has 1 N–H and O–H groups in total. The molecule has 0 radical (unpaired) electrons. The summed E-state index contributed by atoms with van der Waals surface area (Å²) in [5.41, 5.74) is 1.35. The van der Waals surface area contributed by atoms with Crippen LogP contribution in [0.15, 0.2) is 24.3 Å². The standard InChI is InChI=1S/C16H27NOS/c1-5-11-17-16(12-19-6-2)14-7-9-15(10-8-14)18-13(3)4/h7-10,13,16-17H,5-6,11-12H2,1-4H3. The number of ether oxygens (including phenoxy) is 1. The van der Waals surface area contributed by atoms with Gasteiger partial charge in [0.25, 0.3) is 0 Å². The van der Waals surface area contributed by atoms with E-state index in [1.807, 2.05) is 11.8 Å². The van der Waals surface area contributed by atoms with Crippen LogP contribution in [-0.2, 0) is 0 Å². The monoisotopic (exact) mass is 281 g/mol. The summed E-state index contributed by atoms with van der Waals surface area (Å²) >= 11 is 1.98. The van der Waals surface area contributed by atoms with Crippen LogP contribution in [0.4, 0.5) is 0 Å². The Labute approximate surface area is 122 Å². The van der Waals surface area contributed by atoms with Crippen molar-refractivity contribution in [1.82, 2.24) is 5.32 Å². The first-order valence-electron chi connectivity index (χ1n) is 7.25. The predicted molar refractivity (Wildman–Crippen MR) is 86.2 cm³/mol. The van der Waals surface area contributed by atoms with Crippen molar-refractivity contribution < 1.29 is 4.74 Å². The lowest BCUT2D eigenvalue weighted by Gasteiger charge is -2.19. The van der Waals surface area contributed by atoms with Gasteiger partial charge < -0.3 is 10.1 Å². The second-order valence-corrected chi connectivity index (χ2v) is 6.22. The van der Waals surface area contributed by atoms with Crippen LogP contribution in [0, 0.1) is 0 Å². The molecule has 0 spiro atoms. The van der Waals surface area contributed by atoms with Gasteiger partial charge in [-0.15, -0.1) is 0 Å². The van der Waals surface area contributed by atoms with Crippen LogP contribution in [0.1, 0.15) is 45.7 Å². The lowest BCUT2D eigenvalue weighted by Crippen LogP contribution is -2.24. The van der Waals surface area contributed by atoms with Crippen LogP contribution in [0.25, 0.3) is 0 Å². The molecule has 0 aliphatic rings. The van der Waals surface area contributed by atoms with E-state index in [0.717, 1.165) is 18.0 Å². The van der Waals surface area contributed by atoms with E-state index >= 15 is 0 Å². The minimum atomic E-state index is 0.232. The number of thioether (sulfide) groups is 1. The lowest BCUT2D eigenvalue weighted by atomic mass is 10.1. The first kappa shape index (κ1) is 16.4. The molecular weight excluding hydrogens is 254 g/mol. The summed E-state index contributed by atoms with van der Waals surface area (Å²) in [5, 5.41) is 3.62. The van der Waals surface area contributed by atoms with Crippen molar-refractivity contribution in [3.05, 3.63) is 29.8 Å². The van der Waals surface area contributed by atoms with Gasteiger partial charge in [-0.2, -0.15) is 11.8 Å². The molecule has 3 heteroatoms. The molecule has 1 atom stereocenters. The van der Waals surface area contributed by atoms with Gasteiger partial charge >= 0.3 is 0 Å². The van der Waals surface area contributed by atoms with E-state index in [1.165, 1.54) is 17.7 Å². The average Bonchev–Trinajstić information content (AvgIpc) is 2.39. The Morgan fingerprint density at radius 1 is 1.16 bits per heavy atom. The number of rotatable bonds is 9. The predicted octanol–water partition coefficient (Wildman–Crippen LogP) is 4.27. The van der Waals surface area contributed by atoms with Crippen molar-refractivity contribution in [3.63, 3.8) is 0 Å². The Hall–Kier alpha value is -0.670. The van der Waals surface area contributed by atoms with E-state index < -0.39 is 0 Å². The molecule has 2 nitrogen and oxygen atoms in total. The van der Waals surface area contributed by atoms with Gasteiger partial charge in [-0.1, -0.05) is 26.0 Å². The van der Waals surface area contributed by atoms with Crippen LogP contribution < -0.4 is 10.1 Å². The van der Waals surface area contributed by atoms with E-state index in [2.05, 4.69) is 57.3 Å². The minimum Gasteiger partial charge on any atom is -0.491 e. The molecule has 0 aliphatic heterocycles. The fraction of sp³-hybridized carbons (Fsp3) is 0.625. The average molecular weight is 281 g/mol. The summed E-state index contributed by atoms with van der Waals surface area (Å²) in [6.07, 6.45) is 1.40. The van der Waals surface area contributed by atoms with Gasteiger partial charge in [-0.3, -0.25) is 0 Å². The van der Waals surface area contributed by atoms with Gasteiger partial charge in [-0.25, -0.2) is 0 Å². The van der Waals surface area contributed by atoms with Crippen molar-refractivity contribution in [2.75, 3.05) is 18.1 Å². The fourth-order valence-electron chi connectivity index (χ4n) is 1.88. The summed E-state index contributed by atoms with van der Waals surface area (Å²) in [7, 11) is 0. The van der Waals surface area contributed by atoms with Gasteiger partial charge in [0, 0.05) is 11.8 Å². The third-order valence-electron chi connectivity index (χ3n) is 2.78. The molecule has 0 amide bonds. The molecule has 0 fully saturated rings. The zero-order chi connectivity index (χ0) is 14.1. The van der Waals surface area contributed by atoms with Gasteiger partial charge in [-0.05, 0) is 50.3 Å². The van der Waals surface area contributed by atoms with Gasteiger partial charge in [0.2, 0.25) is 0 Å². The third kappa shape index (κ3) is 6.35. The zero-order valence-corrected chi connectivity index (χ0v) is 13.4. The second kappa shape index (κ2) is 9.27. The van der Waals surface area contributed by atoms with Crippen LogP contribution in [0.5, 0.6) is 5.75 Å². The first-order valence-corrected chi connectivity index (χ1v) is 8.40. The smallest absolute Gasteiger partial charge is 0.119 e.